The number of benzene rings is 2. The zero-order valence-corrected chi connectivity index (χ0v) is 15.4. The van der Waals surface area contributed by atoms with Crippen LogP contribution in [-0.2, 0) is 13.1 Å². The zero-order chi connectivity index (χ0) is 19.9. The van der Waals surface area contributed by atoms with Gasteiger partial charge in [-0.2, -0.15) is 0 Å². The van der Waals surface area contributed by atoms with Gasteiger partial charge in [0.1, 0.15) is 5.82 Å². The lowest BCUT2D eigenvalue weighted by Gasteiger charge is -2.17. The van der Waals surface area contributed by atoms with Crippen molar-refractivity contribution in [3.8, 4) is 0 Å². The van der Waals surface area contributed by atoms with E-state index < -0.39 is 5.91 Å². The van der Waals surface area contributed by atoms with E-state index in [1.54, 1.807) is 30.1 Å². The standard InChI is InChI=1S/C22H20FN3O2/c1-26(15-16-7-3-2-4-8-16)22(28)19-11-18(12-24-13-19)21(27)25-14-17-9-5-6-10-20(17)23/h2-13H,14-15H2,1H3,(H,25,27). The first-order valence-corrected chi connectivity index (χ1v) is 8.80. The van der Waals surface area contributed by atoms with E-state index in [-0.39, 0.29) is 23.8 Å². The summed E-state index contributed by atoms with van der Waals surface area (Å²) in [5.41, 5.74) is 1.95. The molecule has 3 rings (SSSR count). The number of nitrogens with one attached hydrogen (secondary N) is 1. The molecule has 0 spiro atoms. The summed E-state index contributed by atoms with van der Waals surface area (Å²) >= 11 is 0. The van der Waals surface area contributed by atoms with Gasteiger partial charge in [0.05, 0.1) is 11.1 Å². The van der Waals surface area contributed by atoms with Crippen LogP contribution in [-0.4, -0.2) is 28.7 Å². The second-order valence-electron chi connectivity index (χ2n) is 6.38. The Balaban J connectivity index is 1.66. The molecular weight excluding hydrogens is 357 g/mol. The molecule has 1 heterocycles. The molecule has 0 atom stereocenters. The Hall–Kier alpha value is -3.54. The normalized spacial score (nSPS) is 10.4. The van der Waals surface area contributed by atoms with Crippen LogP contribution in [0.4, 0.5) is 4.39 Å². The van der Waals surface area contributed by atoms with Crippen LogP contribution in [0.3, 0.4) is 0 Å². The van der Waals surface area contributed by atoms with Crippen LogP contribution >= 0.6 is 0 Å². The third-order valence-electron chi connectivity index (χ3n) is 4.25. The molecule has 0 aliphatic heterocycles. The van der Waals surface area contributed by atoms with E-state index in [0.29, 0.717) is 17.7 Å². The quantitative estimate of drug-likeness (QED) is 0.716. The molecule has 2 aromatic carbocycles. The maximum Gasteiger partial charge on any atom is 0.255 e. The van der Waals surface area contributed by atoms with Gasteiger partial charge >= 0.3 is 0 Å². The van der Waals surface area contributed by atoms with E-state index in [0.717, 1.165) is 5.56 Å². The smallest absolute Gasteiger partial charge is 0.255 e. The lowest BCUT2D eigenvalue weighted by atomic mass is 10.1. The Kier molecular flexibility index (Phi) is 6.11. The van der Waals surface area contributed by atoms with Gasteiger partial charge in [-0.1, -0.05) is 48.5 Å². The van der Waals surface area contributed by atoms with Crippen LogP contribution in [0.25, 0.3) is 0 Å². The van der Waals surface area contributed by atoms with E-state index in [1.807, 2.05) is 30.3 Å². The van der Waals surface area contributed by atoms with Crippen molar-refractivity contribution >= 4 is 11.8 Å². The van der Waals surface area contributed by atoms with E-state index in [9.17, 15) is 14.0 Å². The van der Waals surface area contributed by atoms with Gasteiger partial charge in [0.15, 0.2) is 0 Å². The van der Waals surface area contributed by atoms with Crippen LogP contribution in [0.1, 0.15) is 31.8 Å². The summed E-state index contributed by atoms with van der Waals surface area (Å²) in [4.78, 5) is 30.6. The van der Waals surface area contributed by atoms with Gasteiger partial charge in [-0.3, -0.25) is 14.6 Å². The van der Waals surface area contributed by atoms with Gasteiger partial charge in [-0.05, 0) is 17.7 Å². The molecule has 2 amide bonds. The molecular formula is C22H20FN3O2. The summed E-state index contributed by atoms with van der Waals surface area (Å²) in [7, 11) is 1.69. The van der Waals surface area contributed by atoms with Gasteiger partial charge in [-0.25, -0.2) is 4.39 Å². The first kappa shape index (κ1) is 19.2. The van der Waals surface area contributed by atoms with Gasteiger partial charge in [0.25, 0.3) is 11.8 Å². The fraction of sp³-hybridized carbons (Fsp3) is 0.136. The van der Waals surface area contributed by atoms with Crippen molar-refractivity contribution in [3.05, 3.63) is 101 Å². The lowest BCUT2D eigenvalue weighted by molar-refractivity contribution is 0.0784. The molecule has 0 unspecified atom stereocenters. The number of hydrogen-bond acceptors (Lipinski definition) is 3. The van der Waals surface area contributed by atoms with Gasteiger partial charge in [0, 0.05) is 38.1 Å². The molecule has 0 saturated heterocycles. The van der Waals surface area contributed by atoms with E-state index in [4.69, 9.17) is 0 Å². The monoisotopic (exact) mass is 377 g/mol. The van der Waals surface area contributed by atoms with Crippen LogP contribution in [0, 0.1) is 5.82 Å². The Morgan fingerprint density at radius 3 is 2.43 bits per heavy atom. The fourth-order valence-electron chi connectivity index (χ4n) is 2.75. The number of pyridine rings is 1. The third kappa shape index (κ3) is 4.79. The second-order valence-corrected chi connectivity index (χ2v) is 6.38. The first-order valence-electron chi connectivity index (χ1n) is 8.80. The van der Waals surface area contributed by atoms with Crippen molar-refractivity contribution in [3.63, 3.8) is 0 Å². The number of rotatable bonds is 6. The van der Waals surface area contributed by atoms with E-state index in [1.165, 1.54) is 24.5 Å². The molecule has 0 bridgehead atoms. The molecule has 3 aromatic rings. The molecule has 0 fully saturated rings. The van der Waals surface area contributed by atoms with E-state index in [2.05, 4.69) is 10.3 Å². The Bertz CT molecular complexity index is 976. The van der Waals surface area contributed by atoms with Gasteiger partial charge < -0.3 is 10.2 Å². The molecule has 1 aromatic heterocycles. The van der Waals surface area contributed by atoms with Crippen LogP contribution in [0.2, 0.25) is 0 Å². The molecule has 5 nitrogen and oxygen atoms in total. The van der Waals surface area contributed by atoms with E-state index >= 15 is 0 Å². The number of amides is 2. The van der Waals surface area contributed by atoms with Crippen molar-refractivity contribution in [1.82, 2.24) is 15.2 Å². The highest BCUT2D eigenvalue weighted by molar-refractivity contribution is 5.99. The fourth-order valence-corrected chi connectivity index (χ4v) is 2.75. The maximum absolute atomic E-state index is 13.7. The molecule has 0 aliphatic rings. The highest BCUT2D eigenvalue weighted by Crippen LogP contribution is 2.10. The number of nitrogens with zero attached hydrogens (tertiary/aromatic N) is 2. The average Bonchev–Trinajstić information content (AvgIpc) is 2.73. The predicted molar refractivity (Wildman–Crippen MR) is 104 cm³/mol. The number of aromatic nitrogens is 1. The van der Waals surface area contributed by atoms with Crippen molar-refractivity contribution in [2.45, 2.75) is 13.1 Å². The topological polar surface area (TPSA) is 62.3 Å². The average molecular weight is 377 g/mol. The van der Waals surface area contributed by atoms with Crippen molar-refractivity contribution in [2.75, 3.05) is 7.05 Å². The highest BCUT2D eigenvalue weighted by atomic mass is 19.1. The Morgan fingerprint density at radius 1 is 1.00 bits per heavy atom. The van der Waals surface area contributed by atoms with Gasteiger partial charge in [-0.15, -0.1) is 0 Å². The lowest BCUT2D eigenvalue weighted by Crippen LogP contribution is -2.27. The zero-order valence-electron chi connectivity index (χ0n) is 15.4. The molecule has 142 valence electrons. The van der Waals surface area contributed by atoms with Crippen molar-refractivity contribution in [2.24, 2.45) is 0 Å². The third-order valence-corrected chi connectivity index (χ3v) is 4.25. The van der Waals surface area contributed by atoms with Gasteiger partial charge in [0.2, 0.25) is 0 Å². The minimum atomic E-state index is -0.420. The number of halogens is 1. The maximum atomic E-state index is 13.7. The summed E-state index contributed by atoms with van der Waals surface area (Å²) in [6, 6.07) is 17.3. The van der Waals surface area contributed by atoms with Crippen LogP contribution < -0.4 is 5.32 Å². The van der Waals surface area contributed by atoms with Crippen molar-refractivity contribution in [1.29, 1.82) is 0 Å². The largest absolute Gasteiger partial charge is 0.348 e. The molecule has 0 radical (unpaired) electrons. The molecule has 0 saturated carbocycles. The second kappa shape index (κ2) is 8.90. The number of carbonyl (C=O) groups excluding carboxylic acids is 2. The Morgan fingerprint density at radius 2 is 1.68 bits per heavy atom. The minimum absolute atomic E-state index is 0.0532. The molecule has 0 aliphatic carbocycles. The summed E-state index contributed by atoms with van der Waals surface area (Å²) in [6.07, 6.45) is 2.81. The molecule has 28 heavy (non-hydrogen) atoms. The summed E-state index contributed by atoms with van der Waals surface area (Å²) in [5, 5.41) is 2.65. The van der Waals surface area contributed by atoms with Crippen LogP contribution in [0.15, 0.2) is 73.1 Å². The van der Waals surface area contributed by atoms with Crippen LogP contribution in [0.5, 0.6) is 0 Å². The first-order chi connectivity index (χ1) is 13.5. The van der Waals surface area contributed by atoms with Crippen molar-refractivity contribution < 1.29 is 14.0 Å². The SMILES string of the molecule is CN(Cc1ccccc1)C(=O)c1cncc(C(=O)NCc2ccccc2F)c1. The highest BCUT2D eigenvalue weighted by Gasteiger charge is 2.15. The summed E-state index contributed by atoms with van der Waals surface area (Å²) in [5.74, 6) is -1.04. The number of hydrogen-bond donors (Lipinski definition) is 1. The predicted octanol–water partition coefficient (Wildman–Crippen LogP) is 3.42. The Labute approximate surface area is 162 Å². The number of carbonyl (C=O) groups is 2. The summed E-state index contributed by atoms with van der Waals surface area (Å²) in [6.45, 7) is 0.501. The minimum Gasteiger partial charge on any atom is -0.348 e. The molecule has 6 heteroatoms. The summed E-state index contributed by atoms with van der Waals surface area (Å²) < 4.78 is 13.7. The molecule has 1 N–H and O–H groups in total.